The van der Waals surface area contributed by atoms with Crippen molar-refractivity contribution in [2.24, 2.45) is 5.73 Å². The van der Waals surface area contributed by atoms with E-state index in [4.69, 9.17) is 5.73 Å². The average molecular weight is 249 g/mol. The van der Waals surface area contributed by atoms with Gasteiger partial charge in [-0.05, 0) is 11.6 Å². The lowest BCUT2D eigenvalue weighted by Crippen LogP contribution is -2.20. The molecule has 4 heteroatoms. The highest BCUT2D eigenvalue weighted by Crippen LogP contribution is 2.28. The number of hydrogen-bond acceptors (Lipinski definition) is 2. The molecule has 0 heterocycles. The van der Waals surface area contributed by atoms with Crippen LogP contribution in [-0.4, -0.2) is 5.11 Å². The molecule has 0 saturated heterocycles. The minimum absolute atomic E-state index is 0.133. The van der Waals surface area contributed by atoms with Gasteiger partial charge >= 0.3 is 0 Å². The first-order valence-corrected chi connectivity index (χ1v) is 5.53. The molecule has 0 fully saturated rings. The molecule has 2 atom stereocenters. The zero-order chi connectivity index (χ0) is 13.1. The zero-order valence-corrected chi connectivity index (χ0v) is 9.55. The Morgan fingerprint density at radius 1 is 0.944 bits per heavy atom. The zero-order valence-electron chi connectivity index (χ0n) is 9.55. The van der Waals surface area contributed by atoms with E-state index in [1.807, 2.05) is 6.07 Å². The van der Waals surface area contributed by atoms with Gasteiger partial charge in [-0.25, -0.2) is 8.78 Å². The molecule has 0 aliphatic rings. The first-order chi connectivity index (χ1) is 8.61. The van der Waals surface area contributed by atoms with Crippen LogP contribution in [0, 0.1) is 11.6 Å². The lowest BCUT2D eigenvalue weighted by molar-refractivity contribution is 0.141. The normalized spacial score (nSPS) is 14.2. The molecule has 0 radical (unpaired) electrons. The van der Waals surface area contributed by atoms with Gasteiger partial charge in [0.1, 0.15) is 6.10 Å². The Labute approximate surface area is 104 Å². The monoisotopic (exact) mass is 249 g/mol. The van der Waals surface area contributed by atoms with Gasteiger partial charge < -0.3 is 10.8 Å². The third-order valence-electron chi connectivity index (χ3n) is 2.82. The standard InChI is InChI=1S/C14H13F2NO/c15-11-8-4-7-10(12(11)16)14(18)13(17)9-5-2-1-3-6-9/h1-8,13-14,18H,17H2. The summed E-state index contributed by atoms with van der Waals surface area (Å²) in [7, 11) is 0. The number of rotatable bonds is 3. The van der Waals surface area contributed by atoms with Crippen molar-refractivity contribution in [1.29, 1.82) is 0 Å². The quantitative estimate of drug-likeness (QED) is 0.878. The molecule has 0 aliphatic heterocycles. The second-order valence-corrected chi connectivity index (χ2v) is 4.02. The van der Waals surface area contributed by atoms with Crippen molar-refractivity contribution in [3.8, 4) is 0 Å². The molecule has 0 aromatic heterocycles. The van der Waals surface area contributed by atoms with Gasteiger partial charge in [0.15, 0.2) is 11.6 Å². The topological polar surface area (TPSA) is 46.2 Å². The van der Waals surface area contributed by atoms with Crippen LogP contribution < -0.4 is 5.73 Å². The molecule has 2 nitrogen and oxygen atoms in total. The minimum atomic E-state index is -1.29. The largest absolute Gasteiger partial charge is 0.386 e. The molecule has 0 spiro atoms. The SMILES string of the molecule is NC(c1ccccc1)C(O)c1cccc(F)c1F. The third-order valence-corrected chi connectivity index (χ3v) is 2.82. The van der Waals surface area contributed by atoms with Crippen molar-refractivity contribution in [2.45, 2.75) is 12.1 Å². The summed E-state index contributed by atoms with van der Waals surface area (Å²) in [5, 5.41) is 10.0. The summed E-state index contributed by atoms with van der Waals surface area (Å²) >= 11 is 0. The highest BCUT2D eigenvalue weighted by Gasteiger charge is 2.23. The minimum Gasteiger partial charge on any atom is -0.386 e. The summed E-state index contributed by atoms with van der Waals surface area (Å²) in [4.78, 5) is 0. The second-order valence-electron chi connectivity index (χ2n) is 4.02. The van der Waals surface area contributed by atoms with Crippen molar-refractivity contribution < 1.29 is 13.9 Å². The lowest BCUT2D eigenvalue weighted by atomic mass is 9.96. The maximum absolute atomic E-state index is 13.5. The smallest absolute Gasteiger partial charge is 0.164 e. The third kappa shape index (κ3) is 2.39. The van der Waals surface area contributed by atoms with E-state index in [0.29, 0.717) is 5.56 Å². The van der Waals surface area contributed by atoms with Crippen LogP contribution in [0.3, 0.4) is 0 Å². The summed E-state index contributed by atoms with van der Waals surface area (Å²) in [6.07, 6.45) is -1.29. The van der Waals surface area contributed by atoms with Gasteiger partial charge in [-0.3, -0.25) is 0 Å². The van der Waals surface area contributed by atoms with Crippen molar-refractivity contribution >= 4 is 0 Å². The predicted molar refractivity (Wildman–Crippen MR) is 64.7 cm³/mol. The predicted octanol–water partition coefficient (Wildman–Crippen LogP) is 2.70. The van der Waals surface area contributed by atoms with Gasteiger partial charge in [-0.15, -0.1) is 0 Å². The molecule has 2 unspecified atom stereocenters. The summed E-state index contributed by atoms with van der Waals surface area (Å²) in [5.41, 5.74) is 6.38. The van der Waals surface area contributed by atoms with Crippen molar-refractivity contribution in [1.82, 2.24) is 0 Å². The van der Waals surface area contributed by atoms with Crippen LogP contribution in [0.2, 0.25) is 0 Å². The van der Waals surface area contributed by atoms with E-state index < -0.39 is 23.8 Å². The van der Waals surface area contributed by atoms with E-state index in [-0.39, 0.29) is 5.56 Å². The fourth-order valence-electron chi connectivity index (χ4n) is 1.80. The molecule has 94 valence electrons. The van der Waals surface area contributed by atoms with Crippen molar-refractivity contribution in [3.05, 3.63) is 71.3 Å². The summed E-state index contributed by atoms with van der Waals surface area (Å²) in [6, 6.07) is 11.7. The Morgan fingerprint density at radius 2 is 1.61 bits per heavy atom. The molecule has 2 aromatic rings. The molecule has 18 heavy (non-hydrogen) atoms. The number of aliphatic hydroxyl groups is 1. The Morgan fingerprint density at radius 3 is 2.28 bits per heavy atom. The fraction of sp³-hybridized carbons (Fsp3) is 0.143. The van der Waals surface area contributed by atoms with Gasteiger partial charge in [0, 0.05) is 5.56 Å². The van der Waals surface area contributed by atoms with Crippen LogP contribution in [-0.2, 0) is 0 Å². The summed E-state index contributed by atoms with van der Waals surface area (Å²) in [6.45, 7) is 0. The summed E-state index contributed by atoms with van der Waals surface area (Å²) in [5.74, 6) is -2.05. The maximum atomic E-state index is 13.5. The van der Waals surface area contributed by atoms with Crippen molar-refractivity contribution in [3.63, 3.8) is 0 Å². The van der Waals surface area contributed by atoms with Crippen LogP contribution in [0.5, 0.6) is 0 Å². The summed E-state index contributed by atoms with van der Waals surface area (Å²) < 4.78 is 26.6. The first-order valence-electron chi connectivity index (χ1n) is 5.53. The van der Waals surface area contributed by atoms with Crippen LogP contribution in [0.1, 0.15) is 23.3 Å². The number of benzene rings is 2. The molecule has 0 amide bonds. The molecule has 3 N–H and O–H groups in total. The molecule has 2 aromatic carbocycles. The van der Waals surface area contributed by atoms with E-state index in [1.54, 1.807) is 24.3 Å². The van der Waals surface area contributed by atoms with E-state index >= 15 is 0 Å². The van der Waals surface area contributed by atoms with Crippen LogP contribution in [0.4, 0.5) is 8.78 Å². The fourth-order valence-corrected chi connectivity index (χ4v) is 1.80. The highest BCUT2D eigenvalue weighted by molar-refractivity contribution is 5.27. The van der Waals surface area contributed by atoms with Crippen LogP contribution in [0.15, 0.2) is 48.5 Å². The van der Waals surface area contributed by atoms with Crippen LogP contribution >= 0.6 is 0 Å². The van der Waals surface area contributed by atoms with Gasteiger partial charge in [0.25, 0.3) is 0 Å². The lowest BCUT2D eigenvalue weighted by Gasteiger charge is -2.20. The number of hydrogen-bond donors (Lipinski definition) is 2. The highest BCUT2D eigenvalue weighted by atomic mass is 19.2. The van der Waals surface area contributed by atoms with Crippen LogP contribution in [0.25, 0.3) is 0 Å². The molecule has 2 rings (SSSR count). The Hall–Kier alpha value is -1.78. The van der Waals surface area contributed by atoms with E-state index in [1.165, 1.54) is 12.1 Å². The van der Waals surface area contributed by atoms with Crippen molar-refractivity contribution in [2.75, 3.05) is 0 Å². The molecular formula is C14H13F2NO. The molecule has 0 saturated carbocycles. The van der Waals surface area contributed by atoms with Gasteiger partial charge in [0.2, 0.25) is 0 Å². The first kappa shape index (κ1) is 12.7. The van der Waals surface area contributed by atoms with E-state index in [2.05, 4.69) is 0 Å². The Bertz CT molecular complexity index is 531. The number of halogens is 2. The Balaban J connectivity index is 2.31. The van der Waals surface area contributed by atoms with Gasteiger partial charge in [-0.2, -0.15) is 0 Å². The molecular weight excluding hydrogens is 236 g/mol. The number of aliphatic hydroxyl groups excluding tert-OH is 1. The van der Waals surface area contributed by atoms with Gasteiger partial charge in [0.05, 0.1) is 6.04 Å². The Kier molecular flexibility index (Phi) is 3.69. The van der Waals surface area contributed by atoms with E-state index in [9.17, 15) is 13.9 Å². The maximum Gasteiger partial charge on any atom is 0.164 e. The molecule has 0 bridgehead atoms. The van der Waals surface area contributed by atoms with Gasteiger partial charge in [-0.1, -0.05) is 42.5 Å². The second kappa shape index (κ2) is 5.25. The van der Waals surface area contributed by atoms with E-state index in [0.717, 1.165) is 6.07 Å². The average Bonchev–Trinajstić information content (AvgIpc) is 2.41. The molecule has 0 aliphatic carbocycles. The number of nitrogens with two attached hydrogens (primary N) is 1.